The third-order valence-corrected chi connectivity index (χ3v) is 5.47. The van der Waals surface area contributed by atoms with Gasteiger partial charge in [0.2, 0.25) is 0 Å². The maximum atomic E-state index is 13.1. The van der Waals surface area contributed by atoms with Crippen molar-refractivity contribution < 1.29 is 4.79 Å². The van der Waals surface area contributed by atoms with Gasteiger partial charge in [-0.05, 0) is 45.3 Å². The summed E-state index contributed by atoms with van der Waals surface area (Å²) >= 11 is 0. The molecule has 0 unspecified atom stereocenters. The number of nitrogens with zero attached hydrogens (tertiary/aromatic N) is 2. The van der Waals surface area contributed by atoms with Crippen LogP contribution in [0.1, 0.15) is 39.9 Å². The lowest BCUT2D eigenvalue weighted by Gasteiger charge is -2.23. The first-order valence-corrected chi connectivity index (χ1v) is 10.3. The van der Waals surface area contributed by atoms with Crippen LogP contribution in [-0.2, 0) is 6.54 Å². The zero-order chi connectivity index (χ0) is 20.2. The van der Waals surface area contributed by atoms with Gasteiger partial charge in [-0.2, -0.15) is 5.10 Å². The minimum absolute atomic E-state index is 0.0392. The second kappa shape index (κ2) is 8.62. The molecule has 1 saturated heterocycles. The summed E-state index contributed by atoms with van der Waals surface area (Å²) in [5.74, 6) is -0.0392. The second-order valence-electron chi connectivity index (χ2n) is 7.94. The van der Waals surface area contributed by atoms with E-state index in [0.717, 1.165) is 37.2 Å². The van der Waals surface area contributed by atoms with Gasteiger partial charge in [0.1, 0.15) is 5.69 Å². The molecule has 2 aromatic carbocycles. The highest BCUT2D eigenvalue weighted by atomic mass is 16.1. The molecule has 0 saturated carbocycles. The van der Waals surface area contributed by atoms with Crippen molar-refractivity contribution in [3.8, 4) is 11.3 Å². The zero-order valence-corrected chi connectivity index (χ0v) is 17.1. The Morgan fingerprint density at radius 2 is 1.66 bits per heavy atom. The number of carbonyl (C=O) groups is 1. The maximum absolute atomic E-state index is 13.1. The van der Waals surface area contributed by atoms with Gasteiger partial charge in [0.05, 0.1) is 12.1 Å². The van der Waals surface area contributed by atoms with Crippen LogP contribution in [-0.4, -0.2) is 34.8 Å². The van der Waals surface area contributed by atoms with Crippen molar-refractivity contribution in [3.05, 3.63) is 77.0 Å². The molecule has 0 aliphatic carbocycles. The van der Waals surface area contributed by atoms with Crippen LogP contribution in [0.5, 0.6) is 0 Å². The van der Waals surface area contributed by atoms with E-state index < -0.39 is 0 Å². The molecule has 0 atom stereocenters. The largest absolute Gasteiger partial charge is 0.349 e. The van der Waals surface area contributed by atoms with Gasteiger partial charge >= 0.3 is 0 Å². The van der Waals surface area contributed by atoms with Gasteiger partial charge < -0.3 is 10.6 Å². The molecule has 1 fully saturated rings. The highest BCUT2D eigenvalue weighted by molar-refractivity contribution is 6.00. The first-order chi connectivity index (χ1) is 14.1. The van der Waals surface area contributed by atoms with Crippen LogP contribution in [0.3, 0.4) is 0 Å². The average Bonchev–Trinajstić information content (AvgIpc) is 3.15. The third-order valence-electron chi connectivity index (χ3n) is 5.47. The van der Waals surface area contributed by atoms with Crippen LogP contribution in [0, 0.1) is 13.8 Å². The summed E-state index contributed by atoms with van der Waals surface area (Å²) < 4.78 is 1.87. The molecule has 1 amide bonds. The molecule has 2 N–H and O–H groups in total. The lowest BCUT2D eigenvalue weighted by Crippen LogP contribution is -2.42. The molecule has 150 valence electrons. The zero-order valence-electron chi connectivity index (χ0n) is 17.1. The first kappa shape index (κ1) is 19.4. The number of aromatic nitrogens is 2. The van der Waals surface area contributed by atoms with Crippen molar-refractivity contribution in [2.24, 2.45) is 0 Å². The Balaban J connectivity index is 1.63. The van der Waals surface area contributed by atoms with Crippen molar-refractivity contribution in [3.63, 3.8) is 0 Å². The number of rotatable bonds is 5. The van der Waals surface area contributed by atoms with E-state index in [-0.39, 0.29) is 11.9 Å². The fourth-order valence-corrected chi connectivity index (χ4v) is 3.70. The molecule has 29 heavy (non-hydrogen) atoms. The minimum Gasteiger partial charge on any atom is -0.349 e. The Hall–Kier alpha value is -2.92. The van der Waals surface area contributed by atoms with Gasteiger partial charge in [-0.3, -0.25) is 9.48 Å². The van der Waals surface area contributed by atoms with Gasteiger partial charge in [-0.1, -0.05) is 59.7 Å². The molecule has 5 nitrogen and oxygen atoms in total. The molecule has 0 radical (unpaired) electrons. The molecule has 1 aromatic heterocycles. The summed E-state index contributed by atoms with van der Waals surface area (Å²) in [6.07, 6.45) is 3.80. The molecule has 5 heteroatoms. The predicted octanol–water partition coefficient (Wildman–Crippen LogP) is 3.70. The molecular weight excluding hydrogens is 360 g/mol. The number of amides is 1. The van der Waals surface area contributed by atoms with Crippen LogP contribution in [0.15, 0.2) is 54.7 Å². The highest BCUT2D eigenvalue weighted by Gasteiger charge is 2.22. The van der Waals surface area contributed by atoms with Gasteiger partial charge in [0, 0.05) is 17.8 Å². The molecule has 4 rings (SSSR count). The lowest BCUT2D eigenvalue weighted by molar-refractivity contribution is 0.0930. The van der Waals surface area contributed by atoms with E-state index in [1.807, 2.05) is 23.0 Å². The van der Waals surface area contributed by atoms with Crippen LogP contribution < -0.4 is 10.6 Å². The predicted molar refractivity (Wildman–Crippen MR) is 116 cm³/mol. The fourth-order valence-electron chi connectivity index (χ4n) is 3.70. The fraction of sp³-hybridized carbons (Fsp3) is 0.333. The Morgan fingerprint density at radius 1 is 1.03 bits per heavy atom. The van der Waals surface area contributed by atoms with Crippen molar-refractivity contribution in [1.29, 1.82) is 0 Å². The monoisotopic (exact) mass is 388 g/mol. The highest BCUT2D eigenvalue weighted by Crippen LogP contribution is 2.23. The maximum Gasteiger partial charge on any atom is 0.255 e. The molecule has 0 spiro atoms. The van der Waals surface area contributed by atoms with E-state index in [4.69, 9.17) is 5.10 Å². The standard InChI is InChI=1S/C24H28N4O/c1-17-3-7-19(8-4-17)15-28-16-22(24(29)26-21-11-13-25-14-12-21)23(27-28)20-9-5-18(2)6-10-20/h3-10,16,21,25H,11-15H2,1-2H3,(H,26,29). The Kier molecular flexibility index (Phi) is 5.76. The Bertz CT molecular complexity index is 967. The summed E-state index contributed by atoms with van der Waals surface area (Å²) in [5.41, 5.74) is 5.93. The van der Waals surface area contributed by atoms with E-state index in [2.05, 4.69) is 60.9 Å². The molecule has 3 aromatic rings. The molecule has 2 heterocycles. The topological polar surface area (TPSA) is 59.0 Å². The van der Waals surface area contributed by atoms with Gasteiger partial charge in [0.15, 0.2) is 0 Å². The number of carbonyl (C=O) groups excluding carboxylic acids is 1. The van der Waals surface area contributed by atoms with Gasteiger partial charge in [-0.15, -0.1) is 0 Å². The minimum atomic E-state index is -0.0392. The van der Waals surface area contributed by atoms with Crippen LogP contribution >= 0.6 is 0 Å². The van der Waals surface area contributed by atoms with Crippen molar-refractivity contribution in [1.82, 2.24) is 20.4 Å². The normalized spacial score (nSPS) is 14.7. The van der Waals surface area contributed by atoms with Gasteiger partial charge in [-0.25, -0.2) is 0 Å². The second-order valence-corrected chi connectivity index (χ2v) is 7.94. The van der Waals surface area contributed by atoms with E-state index in [0.29, 0.717) is 12.1 Å². The van der Waals surface area contributed by atoms with Crippen molar-refractivity contribution in [2.75, 3.05) is 13.1 Å². The Labute approximate surface area is 172 Å². The summed E-state index contributed by atoms with van der Waals surface area (Å²) in [7, 11) is 0. The molecule has 1 aliphatic rings. The first-order valence-electron chi connectivity index (χ1n) is 10.3. The van der Waals surface area contributed by atoms with Crippen LogP contribution in [0.25, 0.3) is 11.3 Å². The summed E-state index contributed by atoms with van der Waals surface area (Å²) in [4.78, 5) is 13.1. The number of piperidine rings is 1. The Morgan fingerprint density at radius 3 is 2.31 bits per heavy atom. The summed E-state index contributed by atoms with van der Waals surface area (Å²) in [5, 5.41) is 11.3. The van der Waals surface area contributed by atoms with E-state index in [1.54, 1.807) is 0 Å². The van der Waals surface area contributed by atoms with E-state index in [9.17, 15) is 4.79 Å². The van der Waals surface area contributed by atoms with Crippen LogP contribution in [0.2, 0.25) is 0 Å². The number of nitrogens with one attached hydrogen (secondary N) is 2. The molecule has 1 aliphatic heterocycles. The number of hydrogen-bond acceptors (Lipinski definition) is 3. The number of hydrogen-bond donors (Lipinski definition) is 2. The summed E-state index contributed by atoms with van der Waals surface area (Å²) in [6, 6.07) is 16.8. The smallest absolute Gasteiger partial charge is 0.255 e. The molecular formula is C24H28N4O. The van der Waals surface area contributed by atoms with E-state index >= 15 is 0 Å². The third kappa shape index (κ3) is 4.74. The number of benzene rings is 2. The molecule has 0 bridgehead atoms. The average molecular weight is 389 g/mol. The van der Waals surface area contributed by atoms with Crippen molar-refractivity contribution in [2.45, 2.75) is 39.3 Å². The van der Waals surface area contributed by atoms with E-state index in [1.165, 1.54) is 16.7 Å². The quantitative estimate of drug-likeness (QED) is 0.701. The number of aryl methyl sites for hydroxylation is 2. The summed E-state index contributed by atoms with van der Waals surface area (Å²) in [6.45, 7) is 6.67. The SMILES string of the molecule is Cc1ccc(Cn2cc(C(=O)NC3CCNCC3)c(-c3ccc(C)cc3)n2)cc1. The van der Waals surface area contributed by atoms with Gasteiger partial charge in [0.25, 0.3) is 5.91 Å². The van der Waals surface area contributed by atoms with Crippen LogP contribution in [0.4, 0.5) is 0 Å². The lowest BCUT2D eigenvalue weighted by atomic mass is 10.0. The van der Waals surface area contributed by atoms with Crippen molar-refractivity contribution >= 4 is 5.91 Å².